The summed E-state index contributed by atoms with van der Waals surface area (Å²) in [4.78, 5) is 4.11. The zero-order valence-corrected chi connectivity index (χ0v) is 15.8. The Bertz CT molecular complexity index is 547. The first-order valence-corrected chi connectivity index (χ1v) is 7.41. The SMILES string of the molecule is CC(NC(N)=NCC1CC(F)(F)C1)c1ccc(Cl)cc1Cl.I. The van der Waals surface area contributed by atoms with Gasteiger partial charge >= 0.3 is 0 Å². The molecular formula is C14H18Cl2F2IN3. The van der Waals surface area contributed by atoms with Crippen LogP contribution in [0.3, 0.4) is 0 Å². The highest BCUT2D eigenvalue weighted by atomic mass is 127. The highest BCUT2D eigenvalue weighted by Crippen LogP contribution is 2.42. The molecule has 1 fully saturated rings. The van der Waals surface area contributed by atoms with Gasteiger partial charge in [0.2, 0.25) is 5.92 Å². The van der Waals surface area contributed by atoms with Gasteiger partial charge in [-0.1, -0.05) is 29.3 Å². The lowest BCUT2D eigenvalue weighted by molar-refractivity contribution is -0.107. The van der Waals surface area contributed by atoms with Crippen LogP contribution in [0.1, 0.15) is 31.4 Å². The van der Waals surface area contributed by atoms with Crippen LogP contribution >= 0.6 is 47.2 Å². The monoisotopic (exact) mass is 463 g/mol. The van der Waals surface area contributed by atoms with Gasteiger partial charge in [0.25, 0.3) is 0 Å². The maximum absolute atomic E-state index is 12.7. The number of nitrogens with zero attached hydrogens (tertiary/aromatic N) is 1. The number of nitrogens with one attached hydrogen (secondary N) is 1. The molecule has 1 aliphatic rings. The van der Waals surface area contributed by atoms with Crippen molar-refractivity contribution in [2.45, 2.75) is 31.7 Å². The Balaban J connectivity index is 0.00000242. The van der Waals surface area contributed by atoms with Crippen LogP contribution in [-0.2, 0) is 0 Å². The van der Waals surface area contributed by atoms with E-state index in [-0.39, 0.29) is 54.7 Å². The van der Waals surface area contributed by atoms with Gasteiger partial charge in [0.05, 0.1) is 6.04 Å². The summed E-state index contributed by atoms with van der Waals surface area (Å²) in [6, 6.07) is 5.05. The molecule has 1 aliphatic carbocycles. The van der Waals surface area contributed by atoms with E-state index in [9.17, 15) is 8.78 Å². The summed E-state index contributed by atoms with van der Waals surface area (Å²) in [5.41, 5.74) is 6.61. The lowest BCUT2D eigenvalue weighted by Crippen LogP contribution is -2.39. The average Bonchev–Trinajstić information content (AvgIpc) is 2.33. The molecule has 0 amide bonds. The highest BCUT2D eigenvalue weighted by Gasteiger charge is 2.44. The molecule has 0 spiro atoms. The average molecular weight is 464 g/mol. The predicted octanol–water partition coefficient (Wildman–Crippen LogP) is 4.62. The molecule has 2 rings (SSSR count). The minimum absolute atomic E-state index is 0. The van der Waals surface area contributed by atoms with Crippen LogP contribution in [0.15, 0.2) is 23.2 Å². The van der Waals surface area contributed by atoms with Crippen molar-refractivity contribution in [3.63, 3.8) is 0 Å². The lowest BCUT2D eigenvalue weighted by atomic mass is 9.81. The van der Waals surface area contributed by atoms with Gasteiger partial charge in [-0.15, -0.1) is 24.0 Å². The molecule has 8 heteroatoms. The molecule has 3 nitrogen and oxygen atoms in total. The Morgan fingerprint density at radius 3 is 2.64 bits per heavy atom. The second-order valence-electron chi connectivity index (χ2n) is 5.39. The van der Waals surface area contributed by atoms with E-state index < -0.39 is 5.92 Å². The van der Waals surface area contributed by atoms with E-state index in [0.717, 1.165) is 5.56 Å². The summed E-state index contributed by atoms with van der Waals surface area (Å²) in [5, 5.41) is 4.09. The van der Waals surface area contributed by atoms with Gasteiger partial charge in [0.15, 0.2) is 5.96 Å². The predicted molar refractivity (Wildman–Crippen MR) is 97.6 cm³/mol. The number of alkyl halides is 2. The minimum atomic E-state index is -2.52. The van der Waals surface area contributed by atoms with Crippen molar-refractivity contribution >= 4 is 53.1 Å². The molecule has 0 bridgehead atoms. The molecule has 0 aliphatic heterocycles. The number of aliphatic imine (C=N–C) groups is 1. The summed E-state index contributed by atoms with van der Waals surface area (Å²) < 4.78 is 25.4. The first-order valence-electron chi connectivity index (χ1n) is 6.66. The fraction of sp³-hybridized carbons (Fsp3) is 0.500. The van der Waals surface area contributed by atoms with Gasteiger partial charge < -0.3 is 11.1 Å². The number of benzene rings is 1. The number of guanidine groups is 1. The van der Waals surface area contributed by atoms with Crippen LogP contribution < -0.4 is 11.1 Å². The molecular weight excluding hydrogens is 446 g/mol. The molecule has 0 saturated heterocycles. The van der Waals surface area contributed by atoms with Crippen molar-refractivity contribution in [1.82, 2.24) is 5.32 Å². The van der Waals surface area contributed by atoms with E-state index in [1.807, 2.05) is 13.0 Å². The normalized spacial score (nSPS) is 19.0. The molecule has 22 heavy (non-hydrogen) atoms. The second-order valence-corrected chi connectivity index (χ2v) is 6.23. The second kappa shape index (κ2) is 7.97. The molecule has 124 valence electrons. The number of nitrogens with two attached hydrogens (primary N) is 1. The Morgan fingerprint density at radius 1 is 1.45 bits per heavy atom. The Hall–Kier alpha value is -0.340. The Morgan fingerprint density at radius 2 is 2.09 bits per heavy atom. The largest absolute Gasteiger partial charge is 0.370 e. The zero-order chi connectivity index (χ0) is 15.6. The van der Waals surface area contributed by atoms with Crippen LogP contribution in [0.2, 0.25) is 10.0 Å². The summed E-state index contributed by atoms with van der Waals surface area (Å²) in [6.45, 7) is 2.20. The van der Waals surface area contributed by atoms with Crippen LogP contribution in [-0.4, -0.2) is 18.4 Å². The molecule has 1 unspecified atom stereocenters. The number of hydrogen-bond acceptors (Lipinski definition) is 1. The van der Waals surface area contributed by atoms with Gasteiger partial charge in [-0.25, -0.2) is 8.78 Å². The van der Waals surface area contributed by atoms with Crippen molar-refractivity contribution in [2.24, 2.45) is 16.6 Å². The molecule has 1 aromatic carbocycles. The topological polar surface area (TPSA) is 50.4 Å². The number of halogens is 5. The highest BCUT2D eigenvalue weighted by molar-refractivity contribution is 14.0. The molecule has 1 aromatic rings. The molecule has 3 N–H and O–H groups in total. The molecule has 1 saturated carbocycles. The van der Waals surface area contributed by atoms with E-state index in [4.69, 9.17) is 28.9 Å². The van der Waals surface area contributed by atoms with Crippen LogP contribution in [0, 0.1) is 5.92 Å². The summed E-state index contributed by atoms with van der Waals surface area (Å²) in [5.74, 6) is -2.38. The van der Waals surface area contributed by atoms with Crippen molar-refractivity contribution in [3.8, 4) is 0 Å². The van der Waals surface area contributed by atoms with E-state index in [1.165, 1.54) is 0 Å². The maximum Gasteiger partial charge on any atom is 0.248 e. The van der Waals surface area contributed by atoms with Crippen molar-refractivity contribution in [3.05, 3.63) is 33.8 Å². The van der Waals surface area contributed by atoms with Crippen molar-refractivity contribution < 1.29 is 8.78 Å². The van der Waals surface area contributed by atoms with Gasteiger partial charge in [-0.3, -0.25) is 4.99 Å². The van der Waals surface area contributed by atoms with E-state index in [2.05, 4.69) is 10.3 Å². The standard InChI is InChI=1S/C14H17Cl2F2N3.HI/c1-8(11-3-2-10(15)4-12(11)16)21-13(19)20-7-9-5-14(17,18)6-9;/h2-4,8-9H,5-7H2,1H3,(H3,19,20,21);1H. The van der Waals surface area contributed by atoms with E-state index >= 15 is 0 Å². The fourth-order valence-corrected chi connectivity index (χ4v) is 2.91. The zero-order valence-electron chi connectivity index (χ0n) is 12.0. The molecule has 0 radical (unpaired) electrons. The third-order valence-corrected chi connectivity index (χ3v) is 4.05. The summed E-state index contributed by atoms with van der Waals surface area (Å²) >= 11 is 12.0. The van der Waals surface area contributed by atoms with Gasteiger partial charge in [0.1, 0.15) is 0 Å². The van der Waals surface area contributed by atoms with E-state index in [1.54, 1.807) is 12.1 Å². The smallest absolute Gasteiger partial charge is 0.248 e. The maximum atomic E-state index is 12.7. The van der Waals surface area contributed by atoms with Crippen LogP contribution in [0.4, 0.5) is 8.78 Å². The number of rotatable bonds is 4. The Labute approximate surface area is 155 Å². The summed E-state index contributed by atoms with van der Waals surface area (Å²) in [7, 11) is 0. The number of hydrogen-bond donors (Lipinski definition) is 2. The Kier molecular flexibility index (Phi) is 7.14. The third-order valence-electron chi connectivity index (χ3n) is 3.49. The van der Waals surface area contributed by atoms with Gasteiger partial charge in [-0.05, 0) is 30.5 Å². The van der Waals surface area contributed by atoms with Crippen molar-refractivity contribution in [2.75, 3.05) is 6.54 Å². The third kappa shape index (κ3) is 5.38. The fourth-order valence-electron chi connectivity index (χ4n) is 2.34. The minimum Gasteiger partial charge on any atom is -0.370 e. The lowest BCUT2D eigenvalue weighted by Gasteiger charge is -2.33. The first-order chi connectivity index (χ1) is 9.77. The molecule has 0 aromatic heterocycles. The van der Waals surface area contributed by atoms with Crippen molar-refractivity contribution in [1.29, 1.82) is 0 Å². The van der Waals surface area contributed by atoms with Crippen LogP contribution in [0.5, 0.6) is 0 Å². The molecule has 0 heterocycles. The van der Waals surface area contributed by atoms with Crippen LogP contribution in [0.25, 0.3) is 0 Å². The van der Waals surface area contributed by atoms with E-state index in [0.29, 0.717) is 16.6 Å². The van der Waals surface area contributed by atoms with Gasteiger partial charge in [-0.2, -0.15) is 0 Å². The van der Waals surface area contributed by atoms with Gasteiger partial charge in [0, 0.05) is 29.4 Å². The summed E-state index contributed by atoms with van der Waals surface area (Å²) in [6.07, 6.45) is -0.218. The molecule has 1 atom stereocenters. The quantitative estimate of drug-likeness (QED) is 0.388. The first kappa shape index (κ1) is 19.7.